The number of nitrogens with zero attached hydrogens (tertiary/aromatic N) is 2. The number of carbonyl (C=O) groups is 1. The minimum Gasteiger partial charge on any atom is -0.384 e. The molecule has 5 heteroatoms. The van der Waals surface area contributed by atoms with Gasteiger partial charge in [0.25, 0.3) is 0 Å². The van der Waals surface area contributed by atoms with Crippen LogP contribution in [0.5, 0.6) is 0 Å². The van der Waals surface area contributed by atoms with E-state index in [1.54, 1.807) is 24.3 Å². The number of allylic oxidation sites excluding steroid dienone is 2. The summed E-state index contributed by atoms with van der Waals surface area (Å²) in [5.41, 5.74) is 8.17. The first-order chi connectivity index (χ1) is 20.7. The van der Waals surface area contributed by atoms with Crippen LogP contribution < -0.4 is 0 Å². The van der Waals surface area contributed by atoms with Gasteiger partial charge in [-0.25, -0.2) is 4.79 Å². The van der Waals surface area contributed by atoms with Crippen molar-refractivity contribution in [3.05, 3.63) is 144 Å². The van der Waals surface area contributed by atoms with Crippen molar-refractivity contribution in [2.75, 3.05) is 0 Å². The van der Waals surface area contributed by atoms with Crippen molar-refractivity contribution in [3.63, 3.8) is 0 Å². The molecule has 0 radical (unpaired) electrons. The number of aliphatic hydroxyl groups excluding tert-OH is 1. The molecule has 1 heterocycles. The average molecular weight is 573 g/mol. The van der Waals surface area contributed by atoms with E-state index in [4.69, 9.17) is 4.84 Å². The molecule has 5 rings (SSSR count). The summed E-state index contributed by atoms with van der Waals surface area (Å²) in [6.07, 6.45) is 2.39. The Bertz CT molecular complexity index is 1780. The summed E-state index contributed by atoms with van der Waals surface area (Å²) in [5, 5.41) is 17.6. The van der Waals surface area contributed by atoms with E-state index in [-0.39, 0.29) is 0 Å². The monoisotopic (exact) mass is 572 g/mol. The zero-order chi connectivity index (χ0) is 30.9. The van der Waals surface area contributed by atoms with Crippen LogP contribution in [0.1, 0.15) is 72.3 Å². The number of hydrogen-bond donors (Lipinski definition) is 1. The van der Waals surface area contributed by atoms with Crippen molar-refractivity contribution in [2.24, 2.45) is 5.16 Å². The van der Waals surface area contributed by atoms with Gasteiger partial charge in [-0.3, -0.25) is 0 Å². The second-order valence-corrected chi connectivity index (χ2v) is 10.8. The lowest BCUT2D eigenvalue weighted by Crippen LogP contribution is -2.06. The highest BCUT2D eigenvalue weighted by atomic mass is 16.7. The van der Waals surface area contributed by atoms with Crippen LogP contribution in [-0.4, -0.2) is 21.4 Å². The molecule has 5 nitrogen and oxygen atoms in total. The predicted octanol–water partition coefficient (Wildman–Crippen LogP) is 9.31. The maximum Gasteiger partial charge on any atom is 0.365 e. The number of benzene rings is 4. The Labute approximate surface area is 254 Å². The van der Waals surface area contributed by atoms with Gasteiger partial charge in [0.05, 0.1) is 11.3 Å². The van der Waals surface area contributed by atoms with Crippen molar-refractivity contribution in [1.82, 2.24) is 4.57 Å². The number of hydrogen-bond acceptors (Lipinski definition) is 4. The van der Waals surface area contributed by atoms with E-state index in [0.717, 1.165) is 50.6 Å². The molecule has 0 amide bonds. The molecule has 1 atom stereocenters. The molecule has 0 aliphatic carbocycles. The van der Waals surface area contributed by atoms with E-state index < -0.39 is 12.1 Å². The number of aryl methyl sites for hydroxylation is 2. The highest BCUT2D eigenvalue weighted by molar-refractivity contribution is 6.12. The summed E-state index contributed by atoms with van der Waals surface area (Å²) in [5.74, 6) is -0.495. The first kappa shape index (κ1) is 31.2. The van der Waals surface area contributed by atoms with Gasteiger partial charge in [0.15, 0.2) is 0 Å². The van der Waals surface area contributed by atoms with E-state index in [2.05, 4.69) is 54.1 Å². The molecule has 0 bridgehead atoms. The van der Waals surface area contributed by atoms with E-state index in [1.165, 1.54) is 5.57 Å². The van der Waals surface area contributed by atoms with Crippen molar-refractivity contribution >= 4 is 33.5 Å². The minimum atomic E-state index is -0.721. The van der Waals surface area contributed by atoms with Gasteiger partial charge in [-0.1, -0.05) is 71.4 Å². The van der Waals surface area contributed by atoms with Gasteiger partial charge in [-0.05, 0) is 93.6 Å². The second-order valence-electron chi connectivity index (χ2n) is 10.8. The lowest BCUT2D eigenvalue weighted by molar-refractivity contribution is 0.0515. The lowest BCUT2D eigenvalue weighted by atomic mass is 9.96. The number of aliphatic hydroxyl groups is 1. The molecule has 43 heavy (non-hydrogen) atoms. The molecule has 0 saturated heterocycles. The SMILES string of the molecule is C=C(C)C.C=CCC/C(=N\OC(=O)c1ccccc1)c1ccc2c(c1)c1cc(C(O)c3ccccc3C)ccc1n2CC. The van der Waals surface area contributed by atoms with Crippen molar-refractivity contribution in [1.29, 1.82) is 0 Å². The Balaban J connectivity index is 0.000000996. The van der Waals surface area contributed by atoms with Crippen LogP contribution in [0, 0.1) is 6.92 Å². The topological polar surface area (TPSA) is 63.8 Å². The molecule has 0 aliphatic heterocycles. The second kappa shape index (κ2) is 14.4. The summed E-state index contributed by atoms with van der Waals surface area (Å²) < 4.78 is 2.27. The maximum absolute atomic E-state index is 12.5. The Morgan fingerprint density at radius 3 is 2.21 bits per heavy atom. The van der Waals surface area contributed by atoms with Gasteiger partial charge < -0.3 is 14.5 Å². The summed E-state index contributed by atoms with van der Waals surface area (Å²) >= 11 is 0. The van der Waals surface area contributed by atoms with Crippen LogP contribution in [0.4, 0.5) is 0 Å². The molecule has 0 aliphatic rings. The minimum absolute atomic E-state index is 0.450. The van der Waals surface area contributed by atoms with Crippen molar-refractivity contribution in [3.8, 4) is 0 Å². The van der Waals surface area contributed by atoms with Crippen LogP contribution in [-0.2, 0) is 11.4 Å². The van der Waals surface area contributed by atoms with E-state index in [1.807, 2.05) is 69.3 Å². The average Bonchev–Trinajstić information content (AvgIpc) is 3.33. The standard InChI is InChI=1S/C34H32N2O3.C4H8/c1-4-6-16-30(35-39-34(38)24-13-8-7-9-14-24)25-17-19-31-28(21-25)29-22-26(18-20-32(29)36(31)5-2)33(37)27-15-11-10-12-23(27)3;1-4(2)3/h4,7-15,17-22,33,37H,1,5-6,16H2,2-3H3;1H2,2-3H3/b35-30+;. The number of carbonyl (C=O) groups excluding carboxylic acids is 1. The summed E-state index contributed by atoms with van der Waals surface area (Å²) in [6, 6.07) is 29.2. The predicted molar refractivity (Wildman–Crippen MR) is 179 cm³/mol. The van der Waals surface area contributed by atoms with Gasteiger partial charge in [0.1, 0.15) is 6.10 Å². The molecule has 0 spiro atoms. The van der Waals surface area contributed by atoms with E-state index >= 15 is 0 Å². The van der Waals surface area contributed by atoms with Gasteiger partial charge >= 0.3 is 5.97 Å². The number of fused-ring (bicyclic) bond motifs is 3. The third-order valence-corrected chi connectivity index (χ3v) is 7.17. The normalized spacial score (nSPS) is 12.0. The van der Waals surface area contributed by atoms with Gasteiger partial charge in [0, 0.05) is 33.9 Å². The van der Waals surface area contributed by atoms with Crippen molar-refractivity contribution in [2.45, 2.75) is 53.2 Å². The molecule has 1 N–H and O–H groups in total. The zero-order valence-corrected chi connectivity index (χ0v) is 25.5. The first-order valence-electron chi connectivity index (χ1n) is 14.6. The van der Waals surface area contributed by atoms with Crippen LogP contribution in [0.2, 0.25) is 0 Å². The fraction of sp³-hybridized carbons (Fsp3) is 0.211. The summed E-state index contributed by atoms with van der Waals surface area (Å²) in [7, 11) is 0. The molecule has 4 aromatic carbocycles. The van der Waals surface area contributed by atoms with E-state index in [0.29, 0.717) is 24.1 Å². The molecular formula is C38H40N2O3. The fourth-order valence-electron chi connectivity index (χ4n) is 5.09. The first-order valence-corrected chi connectivity index (χ1v) is 14.6. The van der Waals surface area contributed by atoms with Crippen LogP contribution in [0.15, 0.2) is 121 Å². The van der Waals surface area contributed by atoms with Gasteiger partial charge in [-0.2, -0.15) is 0 Å². The number of aromatic nitrogens is 1. The molecular weight excluding hydrogens is 532 g/mol. The van der Waals surface area contributed by atoms with Gasteiger partial charge in [-0.15, -0.1) is 13.2 Å². The van der Waals surface area contributed by atoms with Gasteiger partial charge in [0.2, 0.25) is 0 Å². The Hall–Kier alpha value is -4.74. The molecule has 0 saturated carbocycles. The van der Waals surface area contributed by atoms with Crippen LogP contribution in [0.25, 0.3) is 21.8 Å². The molecule has 1 aromatic heterocycles. The largest absolute Gasteiger partial charge is 0.384 e. The molecule has 1 unspecified atom stereocenters. The Morgan fingerprint density at radius 1 is 0.930 bits per heavy atom. The van der Waals surface area contributed by atoms with Crippen LogP contribution >= 0.6 is 0 Å². The third-order valence-electron chi connectivity index (χ3n) is 7.17. The zero-order valence-electron chi connectivity index (χ0n) is 25.5. The maximum atomic E-state index is 12.5. The quantitative estimate of drug-likeness (QED) is 0.0828. The summed E-state index contributed by atoms with van der Waals surface area (Å²) in [4.78, 5) is 17.9. The number of oxime groups is 1. The molecule has 220 valence electrons. The van der Waals surface area contributed by atoms with Crippen LogP contribution in [0.3, 0.4) is 0 Å². The fourth-order valence-corrected chi connectivity index (χ4v) is 5.09. The smallest absolute Gasteiger partial charge is 0.365 e. The number of rotatable bonds is 9. The van der Waals surface area contributed by atoms with Crippen molar-refractivity contribution < 1.29 is 14.7 Å². The summed E-state index contributed by atoms with van der Waals surface area (Å²) in [6.45, 7) is 16.3. The third kappa shape index (κ3) is 7.37. The lowest BCUT2D eigenvalue weighted by Gasteiger charge is -2.14. The molecule has 0 fully saturated rings. The highest BCUT2D eigenvalue weighted by Crippen LogP contribution is 2.34. The Kier molecular flexibility index (Phi) is 10.5. The Morgan fingerprint density at radius 2 is 1.56 bits per heavy atom. The highest BCUT2D eigenvalue weighted by Gasteiger charge is 2.18. The molecule has 5 aromatic rings. The van der Waals surface area contributed by atoms with E-state index in [9.17, 15) is 9.90 Å².